The van der Waals surface area contributed by atoms with Crippen LogP contribution in [0.1, 0.15) is 30.1 Å². The number of nitrogens with zero attached hydrogens (tertiary/aromatic N) is 4. The van der Waals surface area contributed by atoms with E-state index in [-0.39, 0.29) is 12.5 Å². The fourth-order valence-electron chi connectivity index (χ4n) is 2.11. The summed E-state index contributed by atoms with van der Waals surface area (Å²) < 4.78 is 1.38. The summed E-state index contributed by atoms with van der Waals surface area (Å²) in [6.45, 7) is 2.00. The van der Waals surface area contributed by atoms with E-state index in [9.17, 15) is 9.59 Å². The van der Waals surface area contributed by atoms with Crippen molar-refractivity contribution in [2.24, 2.45) is 5.92 Å². The summed E-state index contributed by atoms with van der Waals surface area (Å²) in [6.07, 6.45) is 2.65. The molecular weight excluding hydrogens is 286 g/mol. The number of carboxylic acids is 1. The molecule has 0 bridgehead atoms. The van der Waals surface area contributed by atoms with Crippen molar-refractivity contribution in [1.82, 2.24) is 25.5 Å². The molecule has 1 atom stereocenters. The first-order chi connectivity index (χ1) is 10.6. The van der Waals surface area contributed by atoms with Gasteiger partial charge in [0.2, 0.25) is 0 Å². The summed E-state index contributed by atoms with van der Waals surface area (Å²) in [7, 11) is 0. The molecule has 1 unspecified atom stereocenters. The number of aliphatic carboxylic acids is 1. The highest BCUT2D eigenvalue weighted by Gasteiger charge is 2.19. The molecule has 0 aliphatic carbocycles. The number of carbonyl (C=O) groups excluding carboxylic acids is 1. The first-order valence-corrected chi connectivity index (χ1v) is 6.97. The van der Waals surface area contributed by atoms with Crippen LogP contribution in [0.2, 0.25) is 0 Å². The van der Waals surface area contributed by atoms with Crippen molar-refractivity contribution in [1.29, 1.82) is 0 Å². The lowest BCUT2D eigenvalue weighted by Crippen LogP contribution is -2.33. The Morgan fingerprint density at radius 3 is 2.77 bits per heavy atom. The molecule has 1 aromatic heterocycles. The maximum absolute atomic E-state index is 12.3. The lowest BCUT2D eigenvalue weighted by molar-refractivity contribution is -0.141. The topological polar surface area (TPSA) is 110 Å². The highest BCUT2D eigenvalue weighted by molar-refractivity contribution is 5.97. The van der Waals surface area contributed by atoms with Gasteiger partial charge in [0.05, 0.1) is 17.2 Å². The maximum Gasteiger partial charge on any atom is 0.308 e. The predicted molar refractivity (Wildman–Crippen MR) is 77.5 cm³/mol. The molecule has 8 heteroatoms. The highest BCUT2D eigenvalue weighted by atomic mass is 16.4. The second-order valence-electron chi connectivity index (χ2n) is 4.81. The van der Waals surface area contributed by atoms with Crippen LogP contribution in [-0.4, -0.2) is 43.7 Å². The quantitative estimate of drug-likeness (QED) is 0.786. The van der Waals surface area contributed by atoms with Crippen molar-refractivity contribution in [3.63, 3.8) is 0 Å². The van der Waals surface area contributed by atoms with Crippen molar-refractivity contribution >= 4 is 11.9 Å². The van der Waals surface area contributed by atoms with Crippen LogP contribution < -0.4 is 5.32 Å². The molecule has 2 aromatic rings. The molecule has 0 saturated carbocycles. The standard InChI is InChI=1S/C14H17N5O3/c1-2-5-10(14(21)22)8-15-13(20)11-6-3-4-7-12(11)19-9-16-17-18-19/h3-4,6-7,9-10H,2,5,8H2,1H3,(H,15,20)(H,21,22). The molecule has 2 N–H and O–H groups in total. The number of hydrogen-bond donors (Lipinski definition) is 2. The second-order valence-corrected chi connectivity index (χ2v) is 4.81. The minimum absolute atomic E-state index is 0.0892. The predicted octanol–water partition coefficient (Wildman–Crippen LogP) is 0.893. The van der Waals surface area contributed by atoms with Crippen molar-refractivity contribution in [2.45, 2.75) is 19.8 Å². The number of aromatic nitrogens is 4. The summed E-state index contributed by atoms with van der Waals surface area (Å²) in [5.74, 6) is -1.85. The molecule has 0 aliphatic rings. The molecule has 1 amide bonds. The summed E-state index contributed by atoms with van der Waals surface area (Å²) in [6, 6.07) is 6.85. The van der Waals surface area contributed by atoms with Crippen LogP contribution in [0.25, 0.3) is 5.69 Å². The molecule has 0 saturated heterocycles. The van der Waals surface area contributed by atoms with Crippen LogP contribution in [0.4, 0.5) is 0 Å². The van der Waals surface area contributed by atoms with E-state index in [1.807, 2.05) is 6.92 Å². The van der Waals surface area contributed by atoms with Crippen LogP contribution in [0.5, 0.6) is 0 Å². The Balaban J connectivity index is 2.12. The molecule has 22 heavy (non-hydrogen) atoms. The molecule has 116 valence electrons. The number of amides is 1. The first kappa shape index (κ1) is 15.6. The van der Waals surface area contributed by atoms with Gasteiger partial charge in [-0.05, 0) is 29.0 Å². The smallest absolute Gasteiger partial charge is 0.308 e. The van der Waals surface area contributed by atoms with Gasteiger partial charge in [-0.15, -0.1) is 5.10 Å². The Morgan fingerprint density at radius 2 is 2.14 bits per heavy atom. The minimum Gasteiger partial charge on any atom is -0.481 e. The molecule has 0 aliphatic heterocycles. The van der Waals surface area contributed by atoms with Crippen LogP contribution in [0.15, 0.2) is 30.6 Å². The normalized spacial score (nSPS) is 11.9. The zero-order valence-electron chi connectivity index (χ0n) is 12.1. The Labute approximate surface area is 127 Å². The van der Waals surface area contributed by atoms with E-state index in [0.717, 1.165) is 6.42 Å². The van der Waals surface area contributed by atoms with E-state index in [1.54, 1.807) is 24.3 Å². The van der Waals surface area contributed by atoms with Crippen LogP contribution in [0, 0.1) is 5.92 Å². The summed E-state index contributed by atoms with van der Waals surface area (Å²) in [5, 5.41) is 22.6. The van der Waals surface area contributed by atoms with Gasteiger partial charge in [-0.3, -0.25) is 9.59 Å². The lowest BCUT2D eigenvalue weighted by Gasteiger charge is -2.13. The molecule has 2 rings (SSSR count). The van der Waals surface area contributed by atoms with E-state index in [0.29, 0.717) is 17.7 Å². The summed E-state index contributed by atoms with van der Waals surface area (Å²) >= 11 is 0. The molecule has 1 aromatic carbocycles. The van der Waals surface area contributed by atoms with Gasteiger partial charge < -0.3 is 10.4 Å². The van der Waals surface area contributed by atoms with Gasteiger partial charge in [-0.2, -0.15) is 4.68 Å². The Morgan fingerprint density at radius 1 is 1.36 bits per heavy atom. The Hall–Kier alpha value is -2.77. The third-order valence-electron chi connectivity index (χ3n) is 3.24. The first-order valence-electron chi connectivity index (χ1n) is 6.97. The zero-order chi connectivity index (χ0) is 15.9. The number of carbonyl (C=O) groups is 2. The lowest BCUT2D eigenvalue weighted by atomic mass is 10.0. The van der Waals surface area contributed by atoms with E-state index >= 15 is 0 Å². The summed E-state index contributed by atoms with van der Waals surface area (Å²) in [4.78, 5) is 23.4. The van der Waals surface area contributed by atoms with Crippen LogP contribution in [0.3, 0.4) is 0 Å². The average molecular weight is 303 g/mol. The van der Waals surface area contributed by atoms with Gasteiger partial charge in [0.25, 0.3) is 5.91 Å². The third-order valence-corrected chi connectivity index (χ3v) is 3.24. The van der Waals surface area contributed by atoms with E-state index in [1.165, 1.54) is 11.0 Å². The van der Waals surface area contributed by atoms with E-state index < -0.39 is 11.9 Å². The maximum atomic E-state index is 12.3. The number of carboxylic acid groups (broad SMARTS) is 1. The fourth-order valence-corrected chi connectivity index (χ4v) is 2.11. The van der Waals surface area contributed by atoms with Crippen molar-refractivity contribution in [2.75, 3.05) is 6.54 Å². The Bertz CT molecular complexity index is 642. The van der Waals surface area contributed by atoms with Gasteiger partial charge >= 0.3 is 5.97 Å². The number of hydrogen-bond acceptors (Lipinski definition) is 5. The largest absolute Gasteiger partial charge is 0.481 e. The number of nitrogens with one attached hydrogen (secondary N) is 1. The van der Waals surface area contributed by atoms with Gasteiger partial charge in [0.15, 0.2) is 0 Å². The number of rotatable bonds is 7. The Kier molecular flexibility index (Phi) is 5.18. The number of tetrazole rings is 1. The van der Waals surface area contributed by atoms with Crippen LogP contribution >= 0.6 is 0 Å². The molecule has 0 radical (unpaired) electrons. The van der Waals surface area contributed by atoms with Gasteiger partial charge in [0.1, 0.15) is 6.33 Å². The molecule has 0 spiro atoms. The fraction of sp³-hybridized carbons (Fsp3) is 0.357. The number of para-hydroxylation sites is 1. The van der Waals surface area contributed by atoms with Gasteiger partial charge in [-0.25, -0.2) is 0 Å². The molecule has 8 nitrogen and oxygen atoms in total. The molecule has 1 heterocycles. The van der Waals surface area contributed by atoms with E-state index in [2.05, 4.69) is 20.8 Å². The van der Waals surface area contributed by atoms with Crippen molar-refractivity contribution < 1.29 is 14.7 Å². The minimum atomic E-state index is -0.907. The average Bonchev–Trinajstić information content (AvgIpc) is 3.05. The van der Waals surface area contributed by atoms with Gasteiger partial charge in [0, 0.05) is 6.54 Å². The molecular formula is C14H17N5O3. The van der Waals surface area contributed by atoms with Crippen LogP contribution in [-0.2, 0) is 4.79 Å². The highest BCUT2D eigenvalue weighted by Crippen LogP contribution is 2.13. The number of benzene rings is 1. The zero-order valence-corrected chi connectivity index (χ0v) is 12.1. The SMILES string of the molecule is CCCC(CNC(=O)c1ccccc1-n1cnnn1)C(=O)O. The molecule has 0 fully saturated rings. The summed E-state index contributed by atoms with van der Waals surface area (Å²) in [5.41, 5.74) is 0.919. The third kappa shape index (κ3) is 3.66. The van der Waals surface area contributed by atoms with Crippen molar-refractivity contribution in [3.05, 3.63) is 36.2 Å². The van der Waals surface area contributed by atoms with E-state index in [4.69, 9.17) is 5.11 Å². The van der Waals surface area contributed by atoms with Gasteiger partial charge in [-0.1, -0.05) is 25.5 Å². The monoisotopic (exact) mass is 303 g/mol. The van der Waals surface area contributed by atoms with Crippen molar-refractivity contribution in [3.8, 4) is 5.69 Å². The second kappa shape index (κ2) is 7.30.